The van der Waals surface area contributed by atoms with Crippen LogP contribution in [0.4, 0.5) is 0 Å². The summed E-state index contributed by atoms with van der Waals surface area (Å²) in [6.07, 6.45) is 6.83. The highest BCUT2D eigenvalue weighted by molar-refractivity contribution is 9.09. The molecule has 7 nitrogen and oxygen atoms in total. The molecule has 3 fully saturated rings. The number of amides is 2. The van der Waals surface area contributed by atoms with E-state index in [0.717, 1.165) is 12.8 Å². The Kier molecular flexibility index (Phi) is 9.31. The third-order valence-electron chi connectivity index (χ3n) is 7.29. The molecule has 190 valence electrons. The number of nitrogens with zero attached hydrogens (tertiary/aromatic N) is 2. The third kappa shape index (κ3) is 4.72. The van der Waals surface area contributed by atoms with Crippen molar-refractivity contribution in [2.75, 3.05) is 26.3 Å². The van der Waals surface area contributed by atoms with Gasteiger partial charge in [0.05, 0.1) is 16.6 Å². The molecule has 3 aliphatic heterocycles. The number of alkyl halides is 1. The predicted molar refractivity (Wildman–Crippen MR) is 138 cm³/mol. The van der Waals surface area contributed by atoms with E-state index in [2.05, 4.69) is 36.0 Å². The largest absolute Gasteiger partial charge is 0.461 e. The fourth-order valence-electron chi connectivity index (χ4n) is 5.91. The first-order valence-corrected chi connectivity index (χ1v) is 14.0. The van der Waals surface area contributed by atoms with Gasteiger partial charge in [-0.1, -0.05) is 48.0 Å². The Morgan fingerprint density at radius 3 is 2.74 bits per heavy atom. The molecule has 2 amide bonds. The van der Waals surface area contributed by atoms with Gasteiger partial charge >= 0.3 is 5.97 Å². The number of rotatable bonds is 13. The normalized spacial score (nSPS) is 32.4. The van der Waals surface area contributed by atoms with Crippen LogP contribution in [0.15, 0.2) is 25.3 Å². The van der Waals surface area contributed by atoms with E-state index in [1.165, 1.54) is 6.08 Å². The molecule has 0 aromatic carbocycles. The third-order valence-corrected chi connectivity index (χ3v) is 10.5. The molecule has 1 N–H and O–H groups in total. The number of halogens is 1. The first kappa shape index (κ1) is 27.3. The zero-order valence-electron chi connectivity index (χ0n) is 20.2. The second kappa shape index (κ2) is 11.6. The summed E-state index contributed by atoms with van der Waals surface area (Å²) >= 11 is 5.37. The number of esters is 1. The molecule has 0 aliphatic carbocycles. The molecule has 7 atom stereocenters. The average molecular weight is 558 g/mol. The minimum Gasteiger partial charge on any atom is -0.461 e. The first-order chi connectivity index (χ1) is 16.3. The maximum atomic E-state index is 14.2. The van der Waals surface area contributed by atoms with Crippen molar-refractivity contribution < 1.29 is 24.2 Å². The molecule has 3 rings (SSSR count). The van der Waals surface area contributed by atoms with Crippen molar-refractivity contribution in [3.8, 4) is 0 Å². The van der Waals surface area contributed by atoms with Crippen LogP contribution in [-0.4, -0.2) is 85.9 Å². The van der Waals surface area contributed by atoms with Gasteiger partial charge in [0.2, 0.25) is 11.8 Å². The Labute approximate surface area is 215 Å². The Balaban J connectivity index is 2.02. The highest BCUT2D eigenvalue weighted by Crippen LogP contribution is 2.68. The number of unbranched alkanes of at least 4 members (excludes halogenated alkanes) is 1. The highest BCUT2D eigenvalue weighted by atomic mass is 79.9. The smallest absolute Gasteiger partial charge is 0.311 e. The van der Waals surface area contributed by atoms with Gasteiger partial charge in [0.1, 0.15) is 12.6 Å². The molecule has 4 unspecified atom stereocenters. The lowest BCUT2D eigenvalue weighted by Crippen LogP contribution is -2.57. The first-order valence-electron chi connectivity index (χ1n) is 12.2. The standard InChI is InChI=1S/C25H37BrN2O5S/c1-5-10-16(4)27(11-6-2)23(31)21-25-15-17(26)20(34-25)18(24(32)33-14-7-3)19(25)22(30)28(21)12-8-9-13-29/h6-7,16-21,29H,2-3,5,8-15H2,1,4H3/t16?,17?,18-,19+,20-,21?,25?/m1/s1. The number of carbonyl (C=O) groups is 3. The summed E-state index contributed by atoms with van der Waals surface area (Å²) in [5, 5.41) is 9.18. The number of ether oxygens (including phenoxy) is 1. The molecular formula is C25H37BrN2O5S. The van der Waals surface area contributed by atoms with Crippen LogP contribution in [-0.2, 0) is 19.1 Å². The number of thioether (sulfide) groups is 1. The zero-order chi connectivity index (χ0) is 25.0. The molecule has 0 aromatic rings. The van der Waals surface area contributed by atoms with Crippen LogP contribution >= 0.6 is 27.7 Å². The van der Waals surface area contributed by atoms with Crippen LogP contribution in [0.5, 0.6) is 0 Å². The van der Waals surface area contributed by atoms with Gasteiger partial charge in [0.25, 0.3) is 0 Å². The summed E-state index contributed by atoms with van der Waals surface area (Å²) in [6, 6.07) is -0.646. The summed E-state index contributed by atoms with van der Waals surface area (Å²) in [6.45, 7) is 12.5. The average Bonchev–Trinajstić information content (AvgIpc) is 3.39. The molecule has 3 saturated heterocycles. The summed E-state index contributed by atoms with van der Waals surface area (Å²) in [5.41, 5.74) is 0. The topological polar surface area (TPSA) is 87.2 Å². The molecule has 3 aliphatic rings. The fraction of sp³-hybridized carbons (Fsp3) is 0.720. The number of hydrogen-bond acceptors (Lipinski definition) is 6. The van der Waals surface area contributed by atoms with Crippen LogP contribution in [0.25, 0.3) is 0 Å². The molecule has 0 saturated carbocycles. The summed E-state index contributed by atoms with van der Waals surface area (Å²) < 4.78 is 4.73. The number of aliphatic hydroxyl groups excluding tert-OH is 1. The number of carbonyl (C=O) groups excluding carboxylic acids is 3. The van der Waals surface area contributed by atoms with Gasteiger partial charge in [-0.15, -0.1) is 18.3 Å². The SMILES string of the molecule is C=CCOC(=O)[C@H]1[C@@H]2SC3(CC2Br)C(C(=O)N(CC=C)C(C)CCC)N(CCCCO)C(=O)[C@H]13. The Morgan fingerprint density at radius 2 is 2.12 bits per heavy atom. The van der Waals surface area contributed by atoms with Gasteiger partial charge in [-0.3, -0.25) is 14.4 Å². The molecule has 3 heterocycles. The Bertz CT molecular complexity index is 810. The van der Waals surface area contributed by atoms with Crippen molar-refractivity contribution in [3.63, 3.8) is 0 Å². The lowest BCUT2D eigenvalue weighted by Gasteiger charge is -2.39. The molecule has 0 radical (unpaired) electrons. The van der Waals surface area contributed by atoms with E-state index in [0.29, 0.717) is 32.4 Å². The van der Waals surface area contributed by atoms with E-state index in [-0.39, 0.29) is 41.1 Å². The predicted octanol–water partition coefficient (Wildman–Crippen LogP) is 3.16. The number of hydrogen-bond donors (Lipinski definition) is 1. The van der Waals surface area contributed by atoms with E-state index in [1.54, 1.807) is 22.7 Å². The van der Waals surface area contributed by atoms with Crippen LogP contribution in [0.2, 0.25) is 0 Å². The molecule has 0 aromatic heterocycles. The van der Waals surface area contributed by atoms with Crippen LogP contribution in [0, 0.1) is 11.8 Å². The summed E-state index contributed by atoms with van der Waals surface area (Å²) in [5.74, 6) is -1.81. The van der Waals surface area contributed by atoms with E-state index in [4.69, 9.17) is 4.74 Å². The molecule has 2 bridgehead atoms. The maximum Gasteiger partial charge on any atom is 0.311 e. The van der Waals surface area contributed by atoms with E-state index in [1.807, 2.05) is 11.8 Å². The van der Waals surface area contributed by atoms with Crippen molar-refractivity contribution in [1.29, 1.82) is 0 Å². The van der Waals surface area contributed by atoms with E-state index >= 15 is 0 Å². The van der Waals surface area contributed by atoms with Gasteiger partial charge in [-0.05, 0) is 32.6 Å². The van der Waals surface area contributed by atoms with E-state index in [9.17, 15) is 19.5 Å². The molecule has 34 heavy (non-hydrogen) atoms. The zero-order valence-corrected chi connectivity index (χ0v) is 22.6. The van der Waals surface area contributed by atoms with Gasteiger partial charge in [0, 0.05) is 35.8 Å². The van der Waals surface area contributed by atoms with Gasteiger partial charge < -0.3 is 19.6 Å². The summed E-state index contributed by atoms with van der Waals surface area (Å²) in [7, 11) is 0. The summed E-state index contributed by atoms with van der Waals surface area (Å²) in [4.78, 5) is 44.7. The highest BCUT2D eigenvalue weighted by Gasteiger charge is 2.76. The quantitative estimate of drug-likeness (QED) is 0.162. The lowest BCUT2D eigenvalue weighted by atomic mass is 9.71. The minimum atomic E-state index is -0.685. The van der Waals surface area contributed by atoms with Crippen molar-refractivity contribution in [1.82, 2.24) is 9.80 Å². The molecule has 9 heteroatoms. The molecular weight excluding hydrogens is 520 g/mol. The van der Waals surface area contributed by atoms with Crippen LogP contribution < -0.4 is 0 Å². The van der Waals surface area contributed by atoms with Gasteiger partial charge in [-0.25, -0.2) is 0 Å². The van der Waals surface area contributed by atoms with Crippen LogP contribution in [0.3, 0.4) is 0 Å². The second-order valence-electron chi connectivity index (χ2n) is 9.46. The van der Waals surface area contributed by atoms with Crippen molar-refractivity contribution in [2.24, 2.45) is 11.8 Å². The number of fused-ring (bicyclic) bond motifs is 1. The minimum absolute atomic E-state index is 0.0106. The fourth-order valence-corrected chi connectivity index (χ4v) is 9.50. The second-order valence-corrected chi connectivity index (χ2v) is 12.2. The maximum absolute atomic E-state index is 14.2. The lowest BCUT2D eigenvalue weighted by molar-refractivity contribution is -0.153. The molecule has 1 spiro atoms. The number of aliphatic hydroxyl groups is 1. The van der Waals surface area contributed by atoms with Crippen molar-refractivity contribution in [3.05, 3.63) is 25.3 Å². The number of likely N-dealkylation sites (tertiary alicyclic amines) is 1. The van der Waals surface area contributed by atoms with E-state index < -0.39 is 28.6 Å². The van der Waals surface area contributed by atoms with Crippen LogP contribution in [0.1, 0.15) is 46.0 Å². The van der Waals surface area contributed by atoms with Crippen molar-refractivity contribution >= 4 is 45.5 Å². The Morgan fingerprint density at radius 1 is 1.38 bits per heavy atom. The van der Waals surface area contributed by atoms with Crippen molar-refractivity contribution in [2.45, 2.75) is 72.9 Å². The van der Waals surface area contributed by atoms with Gasteiger partial charge in [-0.2, -0.15) is 0 Å². The monoisotopic (exact) mass is 556 g/mol. The Hall–Kier alpha value is -1.32. The van der Waals surface area contributed by atoms with Gasteiger partial charge in [0.15, 0.2) is 0 Å².